The van der Waals surface area contributed by atoms with E-state index in [0.29, 0.717) is 5.02 Å². The maximum Gasteiger partial charge on any atom is 0.123 e. The predicted octanol–water partition coefficient (Wildman–Crippen LogP) is 6.54. The van der Waals surface area contributed by atoms with E-state index in [9.17, 15) is 4.39 Å². The Balaban J connectivity index is 1.85. The number of hydrogen-bond donors (Lipinski definition) is 0. The standard InChI is InChI=1S/C17H10BrClFNS/c18-17-16(12-4-8-14(20)9-5-12)21-15(22-17)10-3-11-1-6-13(19)7-2-11/h1-10H. The smallest absolute Gasteiger partial charge is 0.123 e. The Bertz CT molecular complexity index is 810. The zero-order chi connectivity index (χ0) is 15.5. The molecule has 22 heavy (non-hydrogen) atoms. The maximum atomic E-state index is 13.0. The highest BCUT2D eigenvalue weighted by molar-refractivity contribution is 9.11. The minimum atomic E-state index is -0.252. The lowest BCUT2D eigenvalue weighted by molar-refractivity contribution is 0.628. The maximum absolute atomic E-state index is 13.0. The van der Waals surface area contributed by atoms with Crippen molar-refractivity contribution in [2.24, 2.45) is 0 Å². The predicted molar refractivity (Wildman–Crippen MR) is 95.6 cm³/mol. The minimum Gasteiger partial charge on any atom is -0.235 e. The lowest BCUT2D eigenvalue weighted by Gasteiger charge is -1.96. The molecule has 0 saturated heterocycles. The van der Waals surface area contributed by atoms with Gasteiger partial charge >= 0.3 is 0 Å². The fourth-order valence-corrected chi connectivity index (χ4v) is 3.57. The van der Waals surface area contributed by atoms with Crippen LogP contribution in [-0.2, 0) is 0 Å². The van der Waals surface area contributed by atoms with Crippen LogP contribution in [0.5, 0.6) is 0 Å². The lowest BCUT2D eigenvalue weighted by atomic mass is 10.2. The molecule has 0 aliphatic carbocycles. The van der Waals surface area contributed by atoms with E-state index < -0.39 is 0 Å². The normalized spacial score (nSPS) is 11.2. The second-order valence-electron chi connectivity index (χ2n) is 4.57. The van der Waals surface area contributed by atoms with E-state index in [1.807, 2.05) is 36.4 Å². The highest BCUT2D eigenvalue weighted by Crippen LogP contribution is 2.33. The van der Waals surface area contributed by atoms with E-state index in [1.165, 1.54) is 23.5 Å². The van der Waals surface area contributed by atoms with Crippen molar-refractivity contribution < 1.29 is 4.39 Å². The monoisotopic (exact) mass is 393 g/mol. The van der Waals surface area contributed by atoms with E-state index >= 15 is 0 Å². The summed E-state index contributed by atoms with van der Waals surface area (Å²) in [7, 11) is 0. The minimum absolute atomic E-state index is 0.252. The molecule has 0 atom stereocenters. The van der Waals surface area contributed by atoms with Crippen LogP contribution in [0.25, 0.3) is 23.4 Å². The van der Waals surface area contributed by atoms with Crippen LogP contribution in [0.15, 0.2) is 52.3 Å². The molecule has 0 N–H and O–H groups in total. The van der Waals surface area contributed by atoms with Crippen molar-refractivity contribution in [3.8, 4) is 11.3 Å². The molecule has 110 valence electrons. The molecule has 0 aliphatic rings. The summed E-state index contributed by atoms with van der Waals surface area (Å²) < 4.78 is 13.9. The molecular formula is C17H10BrClFNS. The first kappa shape index (κ1) is 15.4. The second-order valence-corrected chi connectivity index (χ2v) is 7.35. The van der Waals surface area contributed by atoms with E-state index in [-0.39, 0.29) is 5.82 Å². The largest absolute Gasteiger partial charge is 0.235 e. The molecule has 5 heteroatoms. The average molecular weight is 395 g/mol. The molecule has 1 heterocycles. The van der Waals surface area contributed by atoms with Gasteiger partial charge in [0.15, 0.2) is 0 Å². The summed E-state index contributed by atoms with van der Waals surface area (Å²) >= 11 is 10.9. The van der Waals surface area contributed by atoms with Gasteiger partial charge in [-0.05, 0) is 64.0 Å². The number of nitrogens with zero attached hydrogens (tertiary/aromatic N) is 1. The number of rotatable bonds is 3. The Morgan fingerprint density at radius 3 is 2.36 bits per heavy atom. The van der Waals surface area contributed by atoms with Crippen LogP contribution in [0.2, 0.25) is 5.02 Å². The van der Waals surface area contributed by atoms with Crippen molar-refractivity contribution in [1.29, 1.82) is 0 Å². The third kappa shape index (κ3) is 3.64. The first-order valence-corrected chi connectivity index (χ1v) is 8.46. The van der Waals surface area contributed by atoms with Gasteiger partial charge in [-0.3, -0.25) is 0 Å². The van der Waals surface area contributed by atoms with Crippen LogP contribution in [0.3, 0.4) is 0 Å². The molecule has 0 unspecified atom stereocenters. The third-order valence-electron chi connectivity index (χ3n) is 3.01. The average Bonchev–Trinajstić information content (AvgIpc) is 2.89. The van der Waals surface area contributed by atoms with Crippen molar-refractivity contribution in [3.63, 3.8) is 0 Å². The molecule has 3 aromatic rings. The topological polar surface area (TPSA) is 12.9 Å². The van der Waals surface area contributed by atoms with Crippen molar-refractivity contribution >= 4 is 51.0 Å². The van der Waals surface area contributed by atoms with Crippen molar-refractivity contribution in [3.05, 3.63) is 73.7 Å². The van der Waals surface area contributed by atoms with Gasteiger partial charge in [0.05, 0.1) is 9.48 Å². The molecule has 2 aromatic carbocycles. The van der Waals surface area contributed by atoms with Crippen molar-refractivity contribution in [2.75, 3.05) is 0 Å². The van der Waals surface area contributed by atoms with Gasteiger partial charge in [-0.25, -0.2) is 9.37 Å². The van der Waals surface area contributed by atoms with Crippen LogP contribution in [0, 0.1) is 5.82 Å². The third-order valence-corrected chi connectivity index (χ3v) is 4.93. The van der Waals surface area contributed by atoms with E-state index in [4.69, 9.17) is 11.6 Å². The number of thiazole rings is 1. The van der Waals surface area contributed by atoms with Gasteiger partial charge in [-0.2, -0.15) is 0 Å². The Labute approximate surface area is 145 Å². The summed E-state index contributed by atoms with van der Waals surface area (Å²) in [5.41, 5.74) is 2.76. The first-order valence-electron chi connectivity index (χ1n) is 6.48. The molecule has 1 aromatic heterocycles. The zero-order valence-electron chi connectivity index (χ0n) is 11.3. The van der Waals surface area contributed by atoms with Crippen molar-refractivity contribution in [2.45, 2.75) is 0 Å². The van der Waals surface area contributed by atoms with Crippen LogP contribution in [0.4, 0.5) is 4.39 Å². The quantitative estimate of drug-likeness (QED) is 0.492. The molecule has 0 spiro atoms. The molecule has 0 saturated carbocycles. The van der Waals surface area contributed by atoms with Gasteiger partial charge in [0.25, 0.3) is 0 Å². The number of benzene rings is 2. The van der Waals surface area contributed by atoms with Crippen LogP contribution in [0.1, 0.15) is 10.6 Å². The summed E-state index contributed by atoms with van der Waals surface area (Å²) in [6, 6.07) is 13.9. The van der Waals surface area contributed by atoms with Gasteiger partial charge in [0.2, 0.25) is 0 Å². The Morgan fingerprint density at radius 2 is 1.68 bits per heavy atom. The molecule has 0 amide bonds. The van der Waals surface area contributed by atoms with Crippen molar-refractivity contribution in [1.82, 2.24) is 4.98 Å². The van der Waals surface area contributed by atoms with E-state index in [1.54, 1.807) is 12.1 Å². The molecule has 0 radical (unpaired) electrons. The van der Waals surface area contributed by atoms with Crippen LogP contribution < -0.4 is 0 Å². The molecule has 0 bridgehead atoms. The lowest BCUT2D eigenvalue weighted by Crippen LogP contribution is -1.80. The summed E-state index contributed by atoms with van der Waals surface area (Å²) in [6.45, 7) is 0. The van der Waals surface area contributed by atoms with Gasteiger partial charge < -0.3 is 0 Å². The number of halogens is 3. The highest BCUT2D eigenvalue weighted by atomic mass is 79.9. The van der Waals surface area contributed by atoms with E-state index in [2.05, 4.69) is 20.9 Å². The highest BCUT2D eigenvalue weighted by Gasteiger charge is 2.09. The molecular weight excluding hydrogens is 385 g/mol. The number of hydrogen-bond acceptors (Lipinski definition) is 2. The van der Waals surface area contributed by atoms with Gasteiger partial charge in [0.1, 0.15) is 10.8 Å². The Morgan fingerprint density at radius 1 is 1.00 bits per heavy atom. The molecule has 1 nitrogen and oxygen atoms in total. The Hall–Kier alpha value is -1.49. The Kier molecular flexibility index (Phi) is 4.71. The summed E-state index contributed by atoms with van der Waals surface area (Å²) in [6.07, 6.45) is 3.93. The second kappa shape index (κ2) is 6.73. The summed E-state index contributed by atoms with van der Waals surface area (Å²) in [4.78, 5) is 4.58. The fourth-order valence-electron chi connectivity index (χ4n) is 1.92. The van der Waals surface area contributed by atoms with Gasteiger partial charge in [0, 0.05) is 10.6 Å². The summed E-state index contributed by atoms with van der Waals surface area (Å²) in [5.74, 6) is -0.252. The molecule has 0 fully saturated rings. The van der Waals surface area contributed by atoms with Gasteiger partial charge in [-0.1, -0.05) is 29.8 Å². The summed E-state index contributed by atoms with van der Waals surface area (Å²) in [5, 5.41) is 1.59. The fraction of sp³-hybridized carbons (Fsp3) is 0. The molecule has 0 aliphatic heterocycles. The van der Waals surface area contributed by atoms with Crippen LogP contribution in [-0.4, -0.2) is 4.98 Å². The van der Waals surface area contributed by atoms with Gasteiger partial charge in [-0.15, -0.1) is 11.3 Å². The SMILES string of the molecule is Fc1ccc(-c2nc(C=Cc3ccc(Cl)cc3)sc2Br)cc1. The first-order chi connectivity index (χ1) is 10.6. The number of aromatic nitrogens is 1. The van der Waals surface area contributed by atoms with E-state index in [0.717, 1.165) is 25.6 Å². The molecule has 3 rings (SSSR count). The van der Waals surface area contributed by atoms with Crippen LogP contribution >= 0.6 is 38.9 Å². The zero-order valence-corrected chi connectivity index (χ0v) is 14.4.